The standard InChI is InChI=1S/C20H23ClN4O/c1-14-18(12-22-11-16-8-6-10-23-20(16)26-3)15(2)25(24-14)13-17-7-4-5-9-19(17)21/h4-10,22H,11-13H2,1-3H3. The summed E-state index contributed by atoms with van der Waals surface area (Å²) < 4.78 is 7.31. The molecule has 0 bridgehead atoms. The van der Waals surface area contributed by atoms with Gasteiger partial charge in [-0.3, -0.25) is 4.68 Å². The third-order valence-electron chi connectivity index (χ3n) is 4.47. The van der Waals surface area contributed by atoms with E-state index in [0.29, 0.717) is 19.0 Å². The zero-order valence-electron chi connectivity index (χ0n) is 15.3. The zero-order chi connectivity index (χ0) is 18.5. The highest BCUT2D eigenvalue weighted by atomic mass is 35.5. The van der Waals surface area contributed by atoms with Gasteiger partial charge in [-0.2, -0.15) is 5.10 Å². The smallest absolute Gasteiger partial charge is 0.217 e. The summed E-state index contributed by atoms with van der Waals surface area (Å²) in [6.45, 7) is 6.23. The molecule has 2 heterocycles. The fourth-order valence-corrected chi connectivity index (χ4v) is 3.19. The molecule has 1 aromatic carbocycles. The van der Waals surface area contributed by atoms with Gasteiger partial charge in [0, 0.05) is 41.1 Å². The maximum absolute atomic E-state index is 6.28. The van der Waals surface area contributed by atoms with Crippen LogP contribution in [0.3, 0.4) is 0 Å². The number of hydrogen-bond donors (Lipinski definition) is 1. The zero-order valence-corrected chi connectivity index (χ0v) is 16.0. The van der Waals surface area contributed by atoms with Gasteiger partial charge >= 0.3 is 0 Å². The normalized spacial score (nSPS) is 10.9. The third-order valence-corrected chi connectivity index (χ3v) is 4.84. The molecule has 3 aromatic rings. The van der Waals surface area contributed by atoms with Gasteiger partial charge in [0.25, 0.3) is 0 Å². The third kappa shape index (κ3) is 4.06. The van der Waals surface area contributed by atoms with Gasteiger partial charge in [0.2, 0.25) is 5.88 Å². The first kappa shape index (κ1) is 18.4. The highest BCUT2D eigenvalue weighted by molar-refractivity contribution is 6.31. The lowest BCUT2D eigenvalue weighted by molar-refractivity contribution is 0.390. The molecule has 0 spiro atoms. The van der Waals surface area contributed by atoms with Gasteiger partial charge in [0.15, 0.2) is 0 Å². The van der Waals surface area contributed by atoms with E-state index in [4.69, 9.17) is 16.3 Å². The predicted octanol–water partition coefficient (Wildman–Crippen LogP) is 3.90. The minimum atomic E-state index is 0.655. The molecule has 0 saturated heterocycles. The molecule has 26 heavy (non-hydrogen) atoms. The van der Waals surface area contributed by atoms with E-state index in [2.05, 4.69) is 22.3 Å². The van der Waals surface area contributed by atoms with E-state index >= 15 is 0 Å². The molecule has 0 atom stereocenters. The summed E-state index contributed by atoms with van der Waals surface area (Å²) in [5.41, 5.74) is 5.49. The molecule has 0 aliphatic rings. The summed E-state index contributed by atoms with van der Waals surface area (Å²) in [5.74, 6) is 0.655. The Morgan fingerprint density at radius 3 is 2.62 bits per heavy atom. The Morgan fingerprint density at radius 1 is 1.08 bits per heavy atom. The Balaban J connectivity index is 1.69. The lowest BCUT2D eigenvalue weighted by atomic mass is 10.2. The fraction of sp³-hybridized carbons (Fsp3) is 0.300. The molecule has 3 rings (SSSR count). The average molecular weight is 371 g/mol. The SMILES string of the molecule is COc1ncccc1CNCc1c(C)nn(Cc2ccccc2Cl)c1C. The molecule has 6 heteroatoms. The number of rotatable bonds is 7. The fourth-order valence-electron chi connectivity index (χ4n) is 3.00. The van der Waals surface area contributed by atoms with Crippen LogP contribution >= 0.6 is 11.6 Å². The number of halogens is 1. The second-order valence-electron chi connectivity index (χ2n) is 6.17. The van der Waals surface area contributed by atoms with Gasteiger partial charge in [0.1, 0.15) is 0 Å². The van der Waals surface area contributed by atoms with E-state index in [0.717, 1.165) is 34.1 Å². The Bertz CT molecular complexity index is 891. The molecule has 0 aliphatic carbocycles. The Hall–Kier alpha value is -2.37. The van der Waals surface area contributed by atoms with Crippen LogP contribution in [0.4, 0.5) is 0 Å². The summed E-state index contributed by atoms with van der Waals surface area (Å²) in [7, 11) is 1.64. The summed E-state index contributed by atoms with van der Waals surface area (Å²) in [5, 5.41) is 8.92. The number of aromatic nitrogens is 3. The van der Waals surface area contributed by atoms with Gasteiger partial charge in [-0.1, -0.05) is 35.9 Å². The number of pyridine rings is 1. The minimum Gasteiger partial charge on any atom is -0.481 e. The van der Waals surface area contributed by atoms with Crippen LogP contribution in [0.2, 0.25) is 5.02 Å². The van der Waals surface area contributed by atoms with E-state index in [1.54, 1.807) is 13.3 Å². The molecule has 136 valence electrons. The highest BCUT2D eigenvalue weighted by Crippen LogP contribution is 2.20. The number of hydrogen-bond acceptors (Lipinski definition) is 4. The maximum Gasteiger partial charge on any atom is 0.217 e. The summed E-state index contributed by atoms with van der Waals surface area (Å²) in [6, 6.07) is 11.8. The molecule has 0 amide bonds. The van der Waals surface area contributed by atoms with Gasteiger partial charge in [-0.25, -0.2) is 4.98 Å². The molecule has 0 radical (unpaired) electrons. The van der Waals surface area contributed by atoms with Crippen molar-refractivity contribution >= 4 is 11.6 Å². The summed E-state index contributed by atoms with van der Waals surface area (Å²) >= 11 is 6.28. The largest absolute Gasteiger partial charge is 0.481 e. The lowest BCUT2D eigenvalue weighted by Gasteiger charge is -2.09. The van der Waals surface area contributed by atoms with Crippen LogP contribution in [0, 0.1) is 13.8 Å². The quantitative estimate of drug-likeness (QED) is 0.685. The van der Waals surface area contributed by atoms with Crippen molar-refractivity contribution in [2.24, 2.45) is 0 Å². The van der Waals surface area contributed by atoms with Crippen molar-refractivity contribution in [1.82, 2.24) is 20.1 Å². The van der Waals surface area contributed by atoms with Gasteiger partial charge in [-0.15, -0.1) is 0 Å². The second kappa shape index (κ2) is 8.34. The Labute approximate surface area is 159 Å². The number of ether oxygens (including phenoxy) is 1. The first-order valence-electron chi connectivity index (χ1n) is 8.55. The first-order valence-corrected chi connectivity index (χ1v) is 8.93. The molecule has 0 fully saturated rings. The van der Waals surface area contributed by atoms with Crippen molar-refractivity contribution in [2.45, 2.75) is 33.5 Å². The van der Waals surface area contributed by atoms with E-state index in [1.807, 2.05) is 48.0 Å². The number of nitrogens with zero attached hydrogens (tertiary/aromatic N) is 3. The van der Waals surface area contributed by atoms with E-state index in [1.165, 1.54) is 5.56 Å². The van der Waals surface area contributed by atoms with Crippen molar-refractivity contribution in [1.29, 1.82) is 0 Å². The Kier molecular flexibility index (Phi) is 5.91. The second-order valence-corrected chi connectivity index (χ2v) is 6.58. The number of benzene rings is 1. The van der Waals surface area contributed by atoms with Crippen molar-refractivity contribution < 1.29 is 4.74 Å². The van der Waals surface area contributed by atoms with Crippen molar-refractivity contribution in [3.63, 3.8) is 0 Å². The summed E-state index contributed by atoms with van der Waals surface area (Å²) in [6.07, 6.45) is 1.73. The topological polar surface area (TPSA) is 52.0 Å². The van der Waals surface area contributed by atoms with E-state index < -0.39 is 0 Å². The maximum atomic E-state index is 6.28. The summed E-state index contributed by atoms with van der Waals surface area (Å²) in [4.78, 5) is 4.23. The predicted molar refractivity (Wildman–Crippen MR) is 104 cm³/mol. The highest BCUT2D eigenvalue weighted by Gasteiger charge is 2.13. The average Bonchev–Trinajstić information content (AvgIpc) is 2.91. The molecule has 1 N–H and O–H groups in total. The number of nitrogens with one attached hydrogen (secondary N) is 1. The van der Waals surface area contributed by atoms with Crippen LogP contribution < -0.4 is 10.1 Å². The van der Waals surface area contributed by atoms with Gasteiger partial charge in [-0.05, 0) is 31.5 Å². The van der Waals surface area contributed by atoms with Crippen molar-refractivity contribution in [3.05, 3.63) is 75.7 Å². The van der Waals surface area contributed by atoms with Crippen LogP contribution in [0.15, 0.2) is 42.6 Å². The molecule has 5 nitrogen and oxygen atoms in total. The van der Waals surface area contributed by atoms with Gasteiger partial charge < -0.3 is 10.1 Å². The molecule has 0 unspecified atom stereocenters. The monoisotopic (exact) mass is 370 g/mol. The van der Waals surface area contributed by atoms with Crippen LogP contribution in [-0.4, -0.2) is 21.9 Å². The molecule has 0 saturated carbocycles. The van der Waals surface area contributed by atoms with Crippen molar-refractivity contribution in [3.8, 4) is 5.88 Å². The lowest BCUT2D eigenvalue weighted by Crippen LogP contribution is -2.15. The number of aryl methyl sites for hydroxylation is 1. The molecular weight excluding hydrogens is 348 g/mol. The molecular formula is C20H23ClN4O. The van der Waals surface area contributed by atoms with Crippen LogP contribution in [-0.2, 0) is 19.6 Å². The van der Waals surface area contributed by atoms with E-state index in [9.17, 15) is 0 Å². The van der Waals surface area contributed by atoms with Crippen LogP contribution in [0.5, 0.6) is 5.88 Å². The van der Waals surface area contributed by atoms with Crippen LogP contribution in [0.25, 0.3) is 0 Å². The van der Waals surface area contributed by atoms with Crippen LogP contribution in [0.1, 0.15) is 28.1 Å². The first-order chi connectivity index (χ1) is 12.6. The Morgan fingerprint density at radius 2 is 1.85 bits per heavy atom. The van der Waals surface area contributed by atoms with Gasteiger partial charge in [0.05, 0.1) is 19.3 Å². The van der Waals surface area contributed by atoms with Crippen molar-refractivity contribution in [2.75, 3.05) is 7.11 Å². The minimum absolute atomic E-state index is 0.655. The van der Waals surface area contributed by atoms with E-state index in [-0.39, 0.29) is 0 Å². The molecule has 2 aromatic heterocycles. The number of methoxy groups -OCH3 is 1. The molecule has 0 aliphatic heterocycles.